The van der Waals surface area contributed by atoms with E-state index in [2.05, 4.69) is 35.9 Å². The van der Waals surface area contributed by atoms with Crippen molar-refractivity contribution in [3.63, 3.8) is 0 Å². The van der Waals surface area contributed by atoms with Gasteiger partial charge in [0.15, 0.2) is 0 Å². The van der Waals surface area contributed by atoms with Gasteiger partial charge in [-0.2, -0.15) is 0 Å². The largest absolute Gasteiger partial charge is 0.256 e. The Bertz CT molecular complexity index is 658. The van der Waals surface area contributed by atoms with Gasteiger partial charge in [0.2, 0.25) is 0 Å². The molecule has 20 heavy (non-hydrogen) atoms. The normalized spacial score (nSPS) is 10.5. The van der Waals surface area contributed by atoms with E-state index in [1.165, 1.54) is 22.3 Å². The lowest BCUT2D eigenvalue weighted by Crippen LogP contribution is -1.93. The maximum Gasteiger partial charge on any atom is 0.0704 e. The van der Waals surface area contributed by atoms with Crippen molar-refractivity contribution in [2.24, 2.45) is 0 Å². The van der Waals surface area contributed by atoms with Crippen LogP contribution in [0.2, 0.25) is 0 Å². The van der Waals surface area contributed by atoms with Crippen molar-refractivity contribution in [2.45, 2.75) is 13.8 Å². The summed E-state index contributed by atoms with van der Waals surface area (Å²) in [6.07, 6.45) is 3.66. The zero-order chi connectivity index (χ0) is 13.9. The summed E-state index contributed by atoms with van der Waals surface area (Å²) in [7, 11) is 0. The van der Waals surface area contributed by atoms with Gasteiger partial charge in [-0.1, -0.05) is 12.1 Å². The maximum atomic E-state index is 4.47. The van der Waals surface area contributed by atoms with Crippen molar-refractivity contribution < 1.29 is 0 Å². The van der Waals surface area contributed by atoms with Crippen molar-refractivity contribution in [2.75, 3.05) is 0 Å². The molecule has 0 fully saturated rings. The van der Waals surface area contributed by atoms with E-state index in [1.807, 2.05) is 48.8 Å². The van der Waals surface area contributed by atoms with Gasteiger partial charge in [-0.3, -0.25) is 9.97 Å². The monoisotopic (exact) mass is 260 g/mol. The van der Waals surface area contributed by atoms with Crippen LogP contribution in [0.3, 0.4) is 0 Å². The molecule has 3 aromatic rings. The van der Waals surface area contributed by atoms with E-state index in [-0.39, 0.29) is 0 Å². The van der Waals surface area contributed by atoms with E-state index in [0.717, 1.165) is 11.4 Å². The fourth-order valence-electron chi connectivity index (χ4n) is 2.43. The molecule has 3 rings (SSSR count). The van der Waals surface area contributed by atoms with Gasteiger partial charge in [-0.15, -0.1) is 0 Å². The topological polar surface area (TPSA) is 25.8 Å². The Hall–Kier alpha value is -2.48. The number of hydrogen-bond acceptors (Lipinski definition) is 2. The number of aryl methyl sites for hydroxylation is 1. The zero-order valence-electron chi connectivity index (χ0n) is 11.7. The quantitative estimate of drug-likeness (QED) is 0.681. The SMILES string of the molecule is Cc1cc(-c2ccccn2)c(C)c(-c2ccccn2)c1. The van der Waals surface area contributed by atoms with E-state index < -0.39 is 0 Å². The second kappa shape index (κ2) is 5.25. The molecule has 2 heterocycles. The molecule has 0 bridgehead atoms. The molecule has 0 aliphatic heterocycles. The third kappa shape index (κ3) is 2.32. The molecule has 0 radical (unpaired) electrons. The fourth-order valence-corrected chi connectivity index (χ4v) is 2.43. The number of aromatic nitrogens is 2. The number of rotatable bonds is 2. The van der Waals surface area contributed by atoms with Gasteiger partial charge >= 0.3 is 0 Å². The summed E-state index contributed by atoms with van der Waals surface area (Å²) in [6.45, 7) is 4.24. The summed E-state index contributed by atoms with van der Waals surface area (Å²) in [6, 6.07) is 16.4. The predicted molar refractivity (Wildman–Crippen MR) is 82.4 cm³/mol. The molecular weight excluding hydrogens is 244 g/mol. The van der Waals surface area contributed by atoms with Crippen LogP contribution < -0.4 is 0 Å². The standard InChI is InChI=1S/C18H16N2/c1-13-11-15(17-7-3-5-9-19-17)14(2)16(12-13)18-8-4-6-10-20-18/h3-12H,1-2H3. The lowest BCUT2D eigenvalue weighted by atomic mass is 9.95. The first kappa shape index (κ1) is 12.5. The number of hydrogen-bond donors (Lipinski definition) is 0. The summed E-state index contributed by atoms with van der Waals surface area (Å²) in [5, 5.41) is 0. The van der Waals surface area contributed by atoms with E-state index in [0.29, 0.717) is 0 Å². The van der Waals surface area contributed by atoms with Crippen molar-refractivity contribution >= 4 is 0 Å². The number of pyridine rings is 2. The highest BCUT2D eigenvalue weighted by molar-refractivity contribution is 5.76. The predicted octanol–water partition coefficient (Wildman–Crippen LogP) is 4.43. The van der Waals surface area contributed by atoms with E-state index in [1.54, 1.807) is 0 Å². The molecule has 2 nitrogen and oxygen atoms in total. The molecule has 0 N–H and O–H groups in total. The van der Waals surface area contributed by atoms with E-state index in [4.69, 9.17) is 0 Å². The van der Waals surface area contributed by atoms with Gasteiger partial charge in [0.1, 0.15) is 0 Å². The first-order valence-corrected chi connectivity index (χ1v) is 6.70. The minimum atomic E-state index is 1.01. The fraction of sp³-hybridized carbons (Fsp3) is 0.111. The highest BCUT2D eigenvalue weighted by Gasteiger charge is 2.10. The van der Waals surface area contributed by atoms with Crippen molar-refractivity contribution in [1.82, 2.24) is 9.97 Å². The van der Waals surface area contributed by atoms with Crippen molar-refractivity contribution in [3.05, 3.63) is 72.1 Å². The second-order valence-electron chi connectivity index (χ2n) is 4.91. The Balaban J connectivity index is 2.22. The van der Waals surface area contributed by atoms with Gasteiger partial charge in [-0.05, 0) is 61.4 Å². The summed E-state index contributed by atoms with van der Waals surface area (Å²) < 4.78 is 0. The van der Waals surface area contributed by atoms with Crippen molar-refractivity contribution in [1.29, 1.82) is 0 Å². The van der Waals surface area contributed by atoms with Crippen LogP contribution in [0, 0.1) is 13.8 Å². The molecule has 0 aliphatic rings. The second-order valence-corrected chi connectivity index (χ2v) is 4.91. The molecule has 2 heteroatoms. The third-order valence-electron chi connectivity index (χ3n) is 3.43. The van der Waals surface area contributed by atoms with Crippen LogP contribution in [0.1, 0.15) is 11.1 Å². The molecule has 0 atom stereocenters. The summed E-state index contributed by atoms with van der Waals surface area (Å²) >= 11 is 0. The van der Waals surface area contributed by atoms with Crippen LogP contribution in [0.5, 0.6) is 0 Å². The maximum absolute atomic E-state index is 4.47. The molecule has 0 spiro atoms. The Morgan fingerprint density at radius 3 is 1.60 bits per heavy atom. The molecule has 2 aromatic heterocycles. The van der Waals surface area contributed by atoms with E-state index >= 15 is 0 Å². The molecule has 98 valence electrons. The average Bonchev–Trinajstić information content (AvgIpc) is 2.51. The van der Waals surface area contributed by atoms with Gasteiger partial charge in [-0.25, -0.2) is 0 Å². The Morgan fingerprint density at radius 1 is 0.700 bits per heavy atom. The summed E-state index contributed by atoms with van der Waals surface area (Å²) in [5.41, 5.74) is 6.79. The number of benzene rings is 1. The Morgan fingerprint density at radius 2 is 1.20 bits per heavy atom. The van der Waals surface area contributed by atoms with E-state index in [9.17, 15) is 0 Å². The molecule has 0 aliphatic carbocycles. The van der Waals surface area contributed by atoms with Gasteiger partial charge in [0.25, 0.3) is 0 Å². The first-order chi connectivity index (χ1) is 9.75. The molecule has 0 amide bonds. The Kier molecular flexibility index (Phi) is 3.30. The third-order valence-corrected chi connectivity index (χ3v) is 3.43. The highest BCUT2D eigenvalue weighted by atomic mass is 14.7. The smallest absolute Gasteiger partial charge is 0.0704 e. The van der Waals surface area contributed by atoms with Gasteiger partial charge in [0, 0.05) is 23.5 Å². The summed E-state index contributed by atoms with van der Waals surface area (Å²) in [4.78, 5) is 8.93. The molecule has 0 saturated carbocycles. The van der Waals surface area contributed by atoms with Gasteiger partial charge < -0.3 is 0 Å². The van der Waals surface area contributed by atoms with Gasteiger partial charge in [0.05, 0.1) is 11.4 Å². The number of nitrogens with zero attached hydrogens (tertiary/aromatic N) is 2. The highest BCUT2D eigenvalue weighted by Crippen LogP contribution is 2.31. The molecular formula is C18H16N2. The zero-order valence-corrected chi connectivity index (χ0v) is 11.7. The van der Waals surface area contributed by atoms with Crippen LogP contribution >= 0.6 is 0 Å². The average molecular weight is 260 g/mol. The van der Waals surface area contributed by atoms with Crippen LogP contribution in [-0.2, 0) is 0 Å². The van der Waals surface area contributed by atoms with Crippen LogP contribution in [0.4, 0.5) is 0 Å². The lowest BCUT2D eigenvalue weighted by molar-refractivity contribution is 1.27. The summed E-state index contributed by atoms with van der Waals surface area (Å²) in [5.74, 6) is 0. The van der Waals surface area contributed by atoms with Crippen LogP contribution in [0.15, 0.2) is 60.9 Å². The first-order valence-electron chi connectivity index (χ1n) is 6.70. The molecule has 0 saturated heterocycles. The molecule has 1 aromatic carbocycles. The minimum Gasteiger partial charge on any atom is -0.256 e. The van der Waals surface area contributed by atoms with Crippen LogP contribution in [-0.4, -0.2) is 9.97 Å². The lowest BCUT2D eigenvalue weighted by Gasteiger charge is -2.12. The van der Waals surface area contributed by atoms with Crippen molar-refractivity contribution in [3.8, 4) is 22.5 Å². The molecule has 0 unspecified atom stereocenters. The van der Waals surface area contributed by atoms with Crippen LogP contribution in [0.25, 0.3) is 22.5 Å². The Labute approximate surface area is 119 Å². The minimum absolute atomic E-state index is 1.01.